The first kappa shape index (κ1) is 21.4. The molecule has 4 nitrogen and oxygen atoms in total. The van der Waals surface area contributed by atoms with Gasteiger partial charge in [0.25, 0.3) is 0 Å². The molecule has 0 radical (unpaired) electrons. The molecular weight excluding hydrogens is 455 g/mol. The van der Waals surface area contributed by atoms with E-state index in [1.54, 1.807) is 6.08 Å². The number of methoxy groups -OCH3 is 2. The summed E-state index contributed by atoms with van der Waals surface area (Å²) in [6, 6.07) is 24.8. The van der Waals surface area contributed by atoms with Gasteiger partial charge in [-0.2, -0.15) is 0 Å². The molecule has 0 saturated carbocycles. The Hall–Kier alpha value is -2.88. The van der Waals surface area contributed by atoms with E-state index in [0.717, 1.165) is 27.2 Å². The first-order valence-electron chi connectivity index (χ1n) is 10.1. The number of carbonyl (C=O) groups excluding carboxylic acids is 2. The summed E-state index contributed by atoms with van der Waals surface area (Å²) in [4.78, 5) is 25.6. The fourth-order valence-electron chi connectivity index (χ4n) is 4.22. The predicted octanol–water partition coefficient (Wildman–Crippen LogP) is 4.02. The average Bonchev–Trinajstić information content (AvgIpc) is 3.23. The molecule has 3 aromatic rings. The van der Waals surface area contributed by atoms with Crippen LogP contribution >= 0.6 is 0 Å². The molecule has 158 valence electrons. The van der Waals surface area contributed by atoms with Crippen molar-refractivity contribution in [2.75, 3.05) is 14.2 Å². The van der Waals surface area contributed by atoms with Crippen molar-refractivity contribution in [2.45, 2.75) is 11.7 Å². The average molecular weight is 479 g/mol. The molecule has 1 aliphatic carbocycles. The van der Waals surface area contributed by atoms with Crippen LogP contribution in [0.5, 0.6) is 0 Å². The molecule has 0 aromatic heterocycles. The van der Waals surface area contributed by atoms with E-state index in [-0.39, 0.29) is 20.9 Å². The molecule has 0 heterocycles. The minimum absolute atomic E-state index is 0.0552. The molecular formula is C26H24O4Se. The van der Waals surface area contributed by atoms with Gasteiger partial charge in [0.15, 0.2) is 0 Å². The predicted molar refractivity (Wildman–Crippen MR) is 123 cm³/mol. The van der Waals surface area contributed by atoms with E-state index in [1.807, 2.05) is 30.3 Å². The van der Waals surface area contributed by atoms with Gasteiger partial charge in [0.2, 0.25) is 0 Å². The number of esters is 2. The molecule has 1 aliphatic rings. The fraction of sp³-hybridized carbons (Fsp3) is 0.231. The van der Waals surface area contributed by atoms with E-state index in [1.165, 1.54) is 18.7 Å². The molecule has 4 rings (SSSR count). The summed E-state index contributed by atoms with van der Waals surface area (Å²) < 4.78 is 11.4. The third-order valence-electron chi connectivity index (χ3n) is 5.79. The Kier molecular flexibility index (Phi) is 6.26. The molecule has 0 aliphatic heterocycles. The van der Waals surface area contributed by atoms with Crippen molar-refractivity contribution in [2.24, 2.45) is 11.3 Å². The molecule has 0 fully saturated rings. The van der Waals surface area contributed by atoms with Gasteiger partial charge in [-0.25, -0.2) is 0 Å². The monoisotopic (exact) mass is 480 g/mol. The second kappa shape index (κ2) is 9.09. The van der Waals surface area contributed by atoms with Gasteiger partial charge in [0.05, 0.1) is 0 Å². The van der Waals surface area contributed by atoms with Crippen LogP contribution < -0.4 is 4.46 Å². The Morgan fingerprint density at radius 3 is 2.23 bits per heavy atom. The molecule has 1 unspecified atom stereocenters. The summed E-state index contributed by atoms with van der Waals surface area (Å²) in [5.74, 6) is -1.07. The number of rotatable bonds is 6. The van der Waals surface area contributed by atoms with Crippen LogP contribution in [-0.2, 0) is 19.1 Å². The second-order valence-corrected chi connectivity index (χ2v) is 9.94. The summed E-state index contributed by atoms with van der Waals surface area (Å²) in [5.41, 5.74) is 0.642. The molecule has 0 amide bonds. The molecule has 3 aromatic carbocycles. The molecule has 0 bridgehead atoms. The SMILES string of the molecule is COC(=O)C1(C(=O)OC)C=C(c2ccc3ccccc3c2)C(C[Se]c2ccccc2)C1. The normalized spacial score (nSPS) is 17.2. The third-order valence-corrected chi connectivity index (χ3v) is 8.25. The van der Waals surface area contributed by atoms with E-state index < -0.39 is 17.4 Å². The Morgan fingerprint density at radius 2 is 1.55 bits per heavy atom. The van der Waals surface area contributed by atoms with Gasteiger partial charge in [0, 0.05) is 0 Å². The van der Waals surface area contributed by atoms with Gasteiger partial charge < -0.3 is 0 Å². The number of ether oxygens (including phenoxy) is 2. The topological polar surface area (TPSA) is 52.6 Å². The number of hydrogen-bond acceptors (Lipinski definition) is 4. The Bertz CT molecular complexity index is 1120. The van der Waals surface area contributed by atoms with Crippen LogP contribution in [0.15, 0.2) is 78.9 Å². The summed E-state index contributed by atoms with van der Waals surface area (Å²) in [7, 11) is 2.63. The summed E-state index contributed by atoms with van der Waals surface area (Å²) in [6.45, 7) is 0. The van der Waals surface area contributed by atoms with Crippen LogP contribution in [-0.4, -0.2) is 41.1 Å². The number of hydrogen-bond donors (Lipinski definition) is 0. The van der Waals surface area contributed by atoms with E-state index in [4.69, 9.17) is 9.47 Å². The third kappa shape index (κ3) is 4.16. The maximum atomic E-state index is 12.8. The van der Waals surface area contributed by atoms with Crippen LogP contribution in [0.3, 0.4) is 0 Å². The van der Waals surface area contributed by atoms with Crippen molar-refractivity contribution in [1.29, 1.82) is 0 Å². The number of carbonyl (C=O) groups is 2. The second-order valence-electron chi connectivity index (χ2n) is 7.64. The zero-order chi connectivity index (χ0) is 21.8. The van der Waals surface area contributed by atoms with Crippen molar-refractivity contribution in [3.05, 3.63) is 84.4 Å². The molecule has 5 heteroatoms. The number of fused-ring (bicyclic) bond motifs is 1. The summed E-state index contributed by atoms with van der Waals surface area (Å²) in [6.07, 6.45) is 2.16. The van der Waals surface area contributed by atoms with Crippen LogP contribution in [0.25, 0.3) is 16.3 Å². The number of allylic oxidation sites excluding steroid dienone is 1. The molecule has 1 atom stereocenters. The Balaban J connectivity index is 1.75. The minimum atomic E-state index is -1.40. The zero-order valence-electron chi connectivity index (χ0n) is 17.5. The van der Waals surface area contributed by atoms with E-state index in [9.17, 15) is 9.59 Å². The van der Waals surface area contributed by atoms with Gasteiger partial charge in [0.1, 0.15) is 0 Å². The Labute approximate surface area is 188 Å². The molecule has 0 spiro atoms. The molecule has 0 saturated heterocycles. The van der Waals surface area contributed by atoms with Crippen molar-refractivity contribution in [3.8, 4) is 0 Å². The van der Waals surface area contributed by atoms with E-state index in [0.29, 0.717) is 6.42 Å². The van der Waals surface area contributed by atoms with Crippen LogP contribution in [0, 0.1) is 11.3 Å². The standard InChI is InChI=1S/C26H24O4Se/c1-29-24(27)26(25(28)30-2)15-21(17-31-22-10-4-3-5-11-22)23(16-26)20-13-12-18-8-6-7-9-19(18)14-20/h3-14,16,21H,15,17H2,1-2H3. The van der Waals surface area contributed by atoms with Crippen LogP contribution in [0.4, 0.5) is 0 Å². The molecule has 31 heavy (non-hydrogen) atoms. The van der Waals surface area contributed by atoms with Gasteiger partial charge in [-0.05, 0) is 0 Å². The van der Waals surface area contributed by atoms with Gasteiger partial charge in [-0.3, -0.25) is 0 Å². The van der Waals surface area contributed by atoms with E-state index in [2.05, 4.69) is 42.5 Å². The van der Waals surface area contributed by atoms with Crippen molar-refractivity contribution in [3.63, 3.8) is 0 Å². The van der Waals surface area contributed by atoms with Crippen molar-refractivity contribution < 1.29 is 19.1 Å². The molecule has 0 N–H and O–H groups in total. The first-order valence-corrected chi connectivity index (χ1v) is 12.2. The van der Waals surface area contributed by atoms with Crippen LogP contribution in [0.1, 0.15) is 12.0 Å². The quantitative estimate of drug-likeness (QED) is 0.305. The zero-order valence-corrected chi connectivity index (χ0v) is 19.3. The summed E-state index contributed by atoms with van der Waals surface area (Å²) >= 11 is 0.212. The van der Waals surface area contributed by atoms with Crippen molar-refractivity contribution in [1.82, 2.24) is 0 Å². The Morgan fingerprint density at radius 1 is 0.903 bits per heavy atom. The number of benzene rings is 3. The van der Waals surface area contributed by atoms with E-state index >= 15 is 0 Å². The van der Waals surface area contributed by atoms with Crippen molar-refractivity contribution >= 4 is 47.7 Å². The first-order chi connectivity index (χ1) is 15.1. The fourth-order valence-corrected chi connectivity index (χ4v) is 6.41. The van der Waals surface area contributed by atoms with Crippen LogP contribution in [0.2, 0.25) is 5.32 Å². The van der Waals surface area contributed by atoms with Gasteiger partial charge in [-0.15, -0.1) is 0 Å². The van der Waals surface area contributed by atoms with Gasteiger partial charge >= 0.3 is 188 Å². The van der Waals surface area contributed by atoms with Gasteiger partial charge in [-0.1, -0.05) is 0 Å². The summed E-state index contributed by atoms with van der Waals surface area (Å²) in [5, 5.41) is 3.16. The maximum absolute atomic E-state index is 12.8.